The Morgan fingerprint density at radius 2 is 1.95 bits per heavy atom. The number of nitrogens with one attached hydrogen (secondary N) is 1. The fraction of sp³-hybridized carbons (Fsp3) is 0.538. The van der Waals surface area contributed by atoms with Crippen molar-refractivity contribution in [3.8, 4) is 0 Å². The summed E-state index contributed by atoms with van der Waals surface area (Å²) in [6, 6.07) is 1.51. The van der Waals surface area contributed by atoms with E-state index < -0.39 is 22.2 Å². The highest BCUT2D eigenvalue weighted by atomic mass is 19.1. The summed E-state index contributed by atoms with van der Waals surface area (Å²) < 4.78 is 26.5. The van der Waals surface area contributed by atoms with E-state index in [0.29, 0.717) is 18.5 Å². The van der Waals surface area contributed by atoms with Gasteiger partial charge in [0.1, 0.15) is 11.5 Å². The molecule has 1 aliphatic rings. The van der Waals surface area contributed by atoms with Gasteiger partial charge in [0.15, 0.2) is 0 Å². The number of nitro benzene ring substituents is 1. The van der Waals surface area contributed by atoms with Gasteiger partial charge in [-0.2, -0.15) is 4.39 Å². The van der Waals surface area contributed by atoms with Crippen molar-refractivity contribution in [3.63, 3.8) is 0 Å². The zero-order chi connectivity index (χ0) is 13.8. The van der Waals surface area contributed by atoms with Crippen LogP contribution >= 0.6 is 0 Å². The summed E-state index contributed by atoms with van der Waals surface area (Å²) >= 11 is 0. The van der Waals surface area contributed by atoms with Gasteiger partial charge in [0, 0.05) is 18.7 Å². The molecule has 4 nitrogen and oxygen atoms in total. The van der Waals surface area contributed by atoms with Gasteiger partial charge in [0.2, 0.25) is 5.82 Å². The van der Waals surface area contributed by atoms with Gasteiger partial charge < -0.3 is 5.32 Å². The van der Waals surface area contributed by atoms with Crippen molar-refractivity contribution in [2.45, 2.75) is 32.1 Å². The fourth-order valence-electron chi connectivity index (χ4n) is 2.53. The molecular formula is C13H16F2N2O2. The van der Waals surface area contributed by atoms with Crippen molar-refractivity contribution in [2.24, 2.45) is 5.92 Å². The SMILES string of the molecule is O=[N+]([O-])c1c(F)cc(F)cc1NCC1CCCCC1. The van der Waals surface area contributed by atoms with Gasteiger partial charge in [-0.15, -0.1) is 0 Å². The van der Waals surface area contributed by atoms with Crippen LogP contribution < -0.4 is 5.32 Å². The third kappa shape index (κ3) is 3.39. The summed E-state index contributed by atoms with van der Waals surface area (Å²) in [5.41, 5.74) is -0.759. The molecule has 2 rings (SSSR count). The quantitative estimate of drug-likeness (QED) is 0.667. The van der Waals surface area contributed by atoms with Crippen LogP contribution in [-0.2, 0) is 0 Å². The lowest BCUT2D eigenvalue weighted by atomic mass is 9.89. The zero-order valence-electron chi connectivity index (χ0n) is 10.5. The average Bonchev–Trinajstić information content (AvgIpc) is 2.36. The molecule has 0 bridgehead atoms. The van der Waals surface area contributed by atoms with E-state index in [1.54, 1.807) is 0 Å². The van der Waals surface area contributed by atoms with E-state index in [0.717, 1.165) is 31.7 Å². The van der Waals surface area contributed by atoms with Crippen molar-refractivity contribution >= 4 is 11.4 Å². The molecule has 1 aromatic carbocycles. The summed E-state index contributed by atoms with van der Waals surface area (Å²) in [6.07, 6.45) is 5.61. The molecule has 6 heteroatoms. The maximum absolute atomic E-state index is 13.4. The van der Waals surface area contributed by atoms with Crippen LogP contribution in [0.1, 0.15) is 32.1 Å². The van der Waals surface area contributed by atoms with Crippen molar-refractivity contribution in [1.29, 1.82) is 0 Å². The maximum Gasteiger partial charge on any atom is 0.327 e. The largest absolute Gasteiger partial charge is 0.379 e. The first-order chi connectivity index (χ1) is 9.08. The Morgan fingerprint density at radius 3 is 2.58 bits per heavy atom. The Hall–Kier alpha value is -1.72. The predicted molar refractivity (Wildman–Crippen MR) is 68.1 cm³/mol. The molecule has 1 aliphatic carbocycles. The zero-order valence-corrected chi connectivity index (χ0v) is 10.5. The molecule has 0 unspecified atom stereocenters. The van der Waals surface area contributed by atoms with Gasteiger partial charge in [-0.3, -0.25) is 10.1 Å². The number of anilines is 1. The number of nitrogens with zero attached hydrogens (tertiary/aromatic N) is 1. The van der Waals surface area contributed by atoms with E-state index in [9.17, 15) is 18.9 Å². The molecule has 104 valence electrons. The highest BCUT2D eigenvalue weighted by Crippen LogP contribution is 2.30. The topological polar surface area (TPSA) is 55.2 Å². The van der Waals surface area contributed by atoms with E-state index in [-0.39, 0.29) is 5.69 Å². The highest BCUT2D eigenvalue weighted by Gasteiger charge is 2.23. The molecule has 1 aromatic rings. The van der Waals surface area contributed by atoms with Crippen LogP contribution in [-0.4, -0.2) is 11.5 Å². The molecule has 0 spiro atoms. The molecule has 0 amide bonds. The van der Waals surface area contributed by atoms with Gasteiger partial charge in [0.05, 0.1) is 4.92 Å². The molecule has 0 aromatic heterocycles. The minimum atomic E-state index is -1.14. The van der Waals surface area contributed by atoms with Gasteiger partial charge >= 0.3 is 5.69 Å². The first-order valence-corrected chi connectivity index (χ1v) is 6.45. The lowest BCUT2D eigenvalue weighted by molar-refractivity contribution is -0.386. The summed E-state index contributed by atoms with van der Waals surface area (Å²) in [6.45, 7) is 0.518. The normalized spacial score (nSPS) is 16.3. The Bertz CT molecular complexity index is 474. The van der Waals surface area contributed by atoms with Crippen LogP contribution in [0.3, 0.4) is 0 Å². The third-order valence-electron chi connectivity index (χ3n) is 3.52. The second-order valence-corrected chi connectivity index (χ2v) is 4.93. The van der Waals surface area contributed by atoms with Crippen LogP contribution in [0.25, 0.3) is 0 Å². The molecule has 0 saturated heterocycles. The minimum Gasteiger partial charge on any atom is -0.379 e. The summed E-state index contributed by atoms with van der Waals surface area (Å²) in [5.74, 6) is -1.54. The van der Waals surface area contributed by atoms with Crippen molar-refractivity contribution in [3.05, 3.63) is 33.9 Å². The van der Waals surface area contributed by atoms with Crippen LogP contribution in [0.15, 0.2) is 12.1 Å². The number of benzene rings is 1. The Labute approximate surface area is 110 Å². The monoisotopic (exact) mass is 270 g/mol. The number of rotatable bonds is 4. The molecule has 0 heterocycles. The predicted octanol–water partition coefficient (Wildman–Crippen LogP) is 3.87. The first-order valence-electron chi connectivity index (χ1n) is 6.45. The molecule has 0 aliphatic heterocycles. The van der Waals surface area contributed by atoms with E-state index >= 15 is 0 Å². The average molecular weight is 270 g/mol. The lowest BCUT2D eigenvalue weighted by Gasteiger charge is -2.22. The van der Waals surface area contributed by atoms with Gasteiger partial charge in [-0.25, -0.2) is 4.39 Å². The van der Waals surface area contributed by atoms with Crippen LogP contribution in [0.5, 0.6) is 0 Å². The highest BCUT2D eigenvalue weighted by molar-refractivity contribution is 5.62. The van der Waals surface area contributed by atoms with Crippen LogP contribution in [0, 0.1) is 27.7 Å². The Kier molecular flexibility index (Phi) is 4.29. The standard InChI is InChI=1S/C13H16F2N2O2/c14-10-6-11(15)13(17(18)19)12(7-10)16-8-9-4-2-1-3-5-9/h6-7,9,16H,1-5,8H2. The van der Waals surface area contributed by atoms with Gasteiger partial charge in [-0.05, 0) is 18.8 Å². The van der Waals surface area contributed by atoms with Crippen molar-refractivity contribution in [2.75, 3.05) is 11.9 Å². The number of halogens is 2. The van der Waals surface area contributed by atoms with Crippen LogP contribution in [0.4, 0.5) is 20.2 Å². The molecule has 19 heavy (non-hydrogen) atoms. The minimum absolute atomic E-state index is 0.0759. The smallest absolute Gasteiger partial charge is 0.327 e. The Morgan fingerprint density at radius 1 is 1.26 bits per heavy atom. The maximum atomic E-state index is 13.4. The fourth-order valence-corrected chi connectivity index (χ4v) is 2.53. The summed E-state index contributed by atoms with van der Waals surface area (Å²) in [5, 5.41) is 13.6. The summed E-state index contributed by atoms with van der Waals surface area (Å²) in [4.78, 5) is 9.99. The van der Waals surface area contributed by atoms with Gasteiger partial charge in [0.25, 0.3) is 0 Å². The number of hydrogen-bond donors (Lipinski definition) is 1. The Balaban J connectivity index is 2.12. The molecule has 1 saturated carbocycles. The van der Waals surface area contributed by atoms with E-state index in [4.69, 9.17) is 0 Å². The summed E-state index contributed by atoms with van der Waals surface area (Å²) in [7, 11) is 0. The van der Waals surface area contributed by atoms with E-state index in [1.807, 2.05) is 0 Å². The molecule has 0 radical (unpaired) electrons. The lowest BCUT2D eigenvalue weighted by Crippen LogP contribution is -2.18. The van der Waals surface area contributed by atoms with Gasteiger partial charge in [-0.1, -0.05) is 19.3 Å². The molecule has 1 N–H and O–H groups in total. The first kappa shape index (κ1) is 13.7. The third-order valence-corrected chi connectivity index (χ3v) is 3.52. The molecular weight excluding hydrogens is 254 g/mol. The molecule has 1 fully saturated rings. The molecule has 0 atom stereocenters. The van der Waals surface area contributed by atoms with Crippen LogP contribution in [0.2, 0.25) is 0 Å². The van der Waals surface area contributed by atoms with Crippen molar-refractivity contribution in [1.82, 2.24) is 0 Å². The van der Waals surface area contributed by atoms with Crippen molar-refractivity contribution < 1.29 is 13.7 Å². The van der Waals surface area contributed by atoms with E-state index in [1.165, 1.54) is 6.42 Å². The number of hydrogen-bond acceptors (Lipinski definition) is 3. The second kappa shape index (κ2) is 5.95. The van der Waals surface area contributed by atoms with E-state index in [2.05, 4.69) is 5.32 Å². The number of nitro groups is 1. The second-order valence-electron chi connectivity index (χ2n) is 4.93.